The highest BCUT2D eigenvalue weighted by Gasteiger charge is 2.34. The van der Waals surface area contributed by atoms with Crippen molar-refractivity contribution in [3.8, 4) is 0 Å². The van der Waals surface area contributed by atoms with Gasteiger partial charge in [0.25, 0.3) is 0 Å². The molecule has 0 radical (unpaired) electrons. The molecule has 0 bridgehead atoms. The highest BCUT2D eigenvalue weighted by Crippen LogP contribution is 2.31. The van der Waals surface area contributed by atoms with E-state index in [1.165, 1.54) is 0 Å². The highest BCUT2D eigenvalue weighted by atomic mass is 16.6. The van der Waals surface area contributed by atoms with Gasteiger partial charge in [-0.1, -0.05) is 60.7 Å². The number of carbonyl (C=O) groups is 3. The highest BCUT2D eigenvalue weighted by molar-refractivity contribution is 6.13. The number of cyclic esters (lactones) is 1. The van der Waals surface area contributed by atoms with Crippen LogP contribution in [0.25, 0.3) is 0 Å². The number of benzene rings is 3. The second-order valence-corrected chi connectivity index (χ2v) is 8.85. The number of carbonyl (C=O) groups excluding carboxylic acids is 3. The summed E-state index contributed by atoms with van der Waals surface area (Å²) in [6.07, 6.45) is 1.19. The fourth-order valence-corrected chi connectivity index (χ4v) is 4.78. The first-order chi connectivity index (χ1) is 17.1. The van der Waals surface area contributed by atoms with E-state index in [1.807, 2.05) is 42.5 Å². The van der Waals surface area contributed by atoms with Crippen molar-refractivity contribution in [1.29, 1.82) is 0 Å². The number of nitrogens with one attached hydrogen (secondary N) is 1. The van der Waals surface area contributed by atoms with Crippen LogP contribution in [0.5, 0.6) is 0 Å². The Hall–Kier alpha value is -3.97. The molecule has 1 N–H and O–H groups in total. The number of nitrogens with zero attached hydrogens (tertiary/aromatic N) is 2. The number of amides is 2. The number of rotatable bonds is 6. The third-order valence-electron chi connectivity index (χ3n) is 6.57. The predicted octanol–water partition coefficient (Wildman–Crippen LogP) is 4.48. The molecular weight excluding hydrogens is 442 g/mol. The second-order valence-electron chi connectivity index (χ2n) is 8.85. The Morgan fingerprint density at radius 2 is 1.57 bits per heavy atom. The van der Waals surface area contributed by atoms with Crippen molar-refractivity contribution < 1.29 is 19.1 Å². The minimum atomic E-state index is -0.306. The molecule has 0 aliphatic carbocycles. The molecule has 1 saturated heterocycles. The van der Waals surface area contributed by atoms with Gasteiger partial charge in [0, 0.05) is 35.8 Å². The molecule has 5 rings (SSSR count). The van der Waals surface area contributed by atoms with Crippen molar-refractivity contribution in [1.82, 2.24) is 4.90 Å². The minimum absolute atomic E-state index is 0.0347. The summed E-state index contributed by atoms with van der Waals surface area (Å²) in [5.41, 5.74) is 3.48. The molecule has 3 aromatic rings. The Bertz CT molecular complexity index is 1240. The Balaban J connectivity index is 1.20. The van der Waals surface area contributed by atoms with Crippen molar-refractivity contribution in [2.24, 2.45) is 0 Å². The van der Waals surface area contributed by atoms with Gasteiger partial charge in [0.2, 0.25) is 5.91 Å². The Morgan fingerprint density at radius 3 is 2.37 bits per heavy atom. The zero-order valence-corrected chi connectivity index (χ0v) is 19.4. The van der Waals surface area contributed by atoms with E-state index in [0.29, 0.717) is 36.5 Å². The standard InChI is InChI=1S/C28H27N3O4/c32-26(29-24-12-6-5-11-23(24)27(33)20-8-2-1-3-9-20)18-30-16-14-22(15-17-30)31-25-13-7-4-10-21(25)19-35-28(31)34/h1-13,22H,14-19H2,(H,29,32). The summed E-state index contributed by atoms with van der Waals surface area (Å²) in [7, 11) is 0. The van der Waals surface area contributed by atoms with Crippen LogP contribution in [0.3, 0.4) is 0 Å². The number of piperidine rings is 1. The van der Waals surface area contributed by atoms with Gasteiger partial charge in [-0.25, -0.2) is 4.79 Å². The van der Waals surface area contributed by atoms with Crippen LogP contribution in [0.1, 0.15) is 34.3 Å². The summed E-state index contributed by atoms with van der Waals surface area (Å²) in [6, 6.07) is 24.0. The van der Waals surface area contributed by atoms with Crippen molar-refractivity contribution >= 4 is 29.2 Å². The lowest BCUT2D eigenvalue weighted by Gasteiger charge is -2.40. The van der Waals surface area contributed by atoms with Gasteiger partial charge in [-0.15, -0.1) is 0 Å². The fraction of sp³-hybridized carbons (Fsp3) is 0.250. The average Bonchev–Trinajstić information content (AvgIpc) is 2.90. The number of ketones is 1. The SMILES string of the molecule is O=C(CN1CCC(N2C(=O)OCc3ccccc32)CC1)Nc1ccccc1C(=O)c1ccccc1. The molecule has 2 heterocycles. The third kappa shape index (κ3) is 4.95. The summed E-state index contributed by atoms with van der Waals surface area (Å²) in [5, 5.41) is 2.92. The second kappa shape index (κ2) is 10.1. The van der Waals surface area contributed by atoms with Gasteiger partial charge in [0.05, 0.1) is 17.9 Å². The van der Waals surface area contributed by atoms with Crippen molar-refractivity contribution in [3.63, 3.8) is 0 Å². The number of hydrogen-bond acceptors (Lipinski definition) is 5. The lowest BCUT2D eigenvalue weighted by atomic mass is 10.0. The van der Waals surface area contributed by atoms with Gasteiger partial charge >= 0.3 is 6.09 Å². The molecule has 0 unspecified atom stereocenters. The Labute approximate surface area is 204 Å². The Kier molecular flexibility index (Phi) is 6.59. The van der Waals surface area contributed by atoms with Crippen LogP contribution in [-0.4, -0.2) is 48.4 Å². The van der Waals surface area contributed by atoms with Gasteiger partial charge in [-0.05, 0) is 31.0 Å². The number of para-hydroxylation sites is 2. The first kappa shape index (κ1) is 22.8. The normalized spacial score (nSPS) is 16.3. The van der Waals surface area contributed by atoms with Gasteiger partial charge in [-0.3, -0.25) is 19.4 Å². The first-order valence-corrected chi connectivity index (χ1v) is 11.8. The van der Waals surface area contributed by atoms with Crippen LogP contribution >= 0.6 is 0 Å². The molecule has 0 spiro atoms. The lowest BCUT2D eigenvalue weighted by molar-refractivity contribution is -0.117. The van der Waals surface area contributed by atoms with E-state index < -0.39 is 0 Å². The molecule has 0 aromatic heterocycles. The molecule has 2 aliphatic heterocycles. The molecule has 3 aromatic carbocycles. The monoisotopic (exact) mass is 469 g/mol. The summed E-state index contributed by atoms with van der Waals surface area (Å²) < 4.78 is 5.37. The number of fused-ring (bicyclic) bond motifs is 1. The van der Waals surface area contributed by atoms with Crippen molar-refractivity contribution in [2.45, 2.75) is 25.5 Å². The number of likely N-dealkylation sites (tertiary alicyclic amines) is 1. The van der Waals surface area contributed by atoms with Crippen molar-refractivity contribution in [3.05, 3.63) is 95.6 Å². The first-order valence-electron chi connectivity index (χ1n) is 11.8. The van der Waals surface area contributed by atoms with E-state index in [-0.39, 0.29) is 30.4 Å². The summed E-state index contributed by atoms with van der Waals surface area (Å²) >= 11 is 0. The average molecular weight is 470 g/mol. The summed E-state index contributed by atoms with van der Waals surface area (Å²) in [4.78, 5) is 42.1. The van der Waals surface area contributed by atoms with Gasteiger partial charge in [0.15, 0.2) is 5.78 Å². The van der Waals surface area contributed by atoms with Crippen LogP contribution in [0.2, 0.25) is 0 Å². The van der Waals surface area contributed by atoms with Crippen LogP contribution in [0.4, 0.5) is 16.2 Å². The molecule has 1 fully saturated rings. The van der Waals surface area contributed by atoms with Crippen LogP contribution < -0.4 is 10.2 Å². The van der Waals surface area contributed by atoms with Gasteiger partial charge in [0.1, 0.15) is 6.61 Å². The lowest BCUT2D eigenvalue weighted by Crippen LogP contribution is -2.50. The van der Waals surface area contributed by atoms with E-state index in [1.54, 1.807) is 41.3 Å². The Morgan fingerprint density at radius 1 is 0.886 bits per heavy atom. The third-order valence-corrected chi connectivity index (χ3v) is 6.57. The molecular formula is C28H27N3O4. The van der Waals surface area contributed by atoms with E-state index >= 15 is 0 Å². The molecule has 0 atom stereocenters. The molecule has 35 heavy (non-hydrogen) atoms. The maximum Gasteiger partial charge on any atom is 0.414 e. The largest absolute Gasteiger partial charge is 0.444 e. The van der Waals surface area contributed by atoms with E-state index in [9.17, 15) is 14.4 Å². The van der Waals surface area contributed by atoms with Gasteiger partial charge in [-0.2, -0.15) is 0 Å². The molecule has 0 saturated carbocycles. The van der Waals surface area contributed by atoms with E-state index in [0.717, 1.165) is 24.1 Å². The molecule has 178 valence electrons. The fourth-order valence-electron chi connectivity index (χ4n) is 4.78. The van der Waals surface area contributed by atoms with E-state index in [4.69, 9.17) is 4.74 Å². The number of hydrogen-bond donors (Lipinski definition) is 1. The molecule has 7 nitrogen and oxygen atoms in total. The number of ether oxygens (including phenoxy) is 1. The number of anilines is 2. The van der Waals surface area contributed by atoms with Gasteiger partial charge < -0.3 is 10.1 Å². The molecule has 2 amide bonds. The molecule has 2 aliphatic rings. The quantitative estimate of drug-likeness (QED) is 0.539. The van der Waals surface area contributed by atoms with E-state index in [2.05, 4.69) is 10.2 Å². The van der Waals surface area contributed by atoms with Crippen LogP contribution in [0, 0.1) is 0 Å². The molecule has 7 heteroatoms. The zero-order valence-electron chi connectivity index (χ0n) is 19.4. The zero-order chi connectivity index (χ0) is 24.2. The smallest absolute Gasteiger partial charge is 0.414 e. The maximum atomic E-state index is 12.9. The van der Waals surface area contributed by atoms with Crippen LogP contribution in [0.15, 0.2) is 78.9 Å². The summed E-state index contributed by atoms with van der Waals surface area (Å²) in [6.45, 7) is 1.91. The minimum Gasteiger partial charge on any atom is -0.444 e. The summed E-state index contributed by atoms with van der Waals surface area (Å²) in [5.74, 6) is -0.296. The topological polar surface area (TPSA) is 79.0 Å². The van der Waals surface area contributed by atoms with Crippen LogP contribution in [-0.2, 0) is 16.1 Å². The van der Waals surface area contributed by atoms with Crippen molar-refractivity contribution in [2.75, 3.05) is 29.9 Å². The predicted molar refractivity (Wildman–Crippen MR) is 134 cm³/mol. The maximum absolute atomic E-state index is 12.9.